The fourth-order valence-corrected chi connectivity index (χ4v) is 3.95. The van der Waals surface area contributed by atoms with Gasteiger partial charge in [0, 0.05) is 63.1 Å². The Morgan fingerprint density at radius 2 is 2.00 bits per heavy atom. The summed E-state index contributed by atoms with van der Waals surface area (Å²) < 4.78 is 3.46. The smallest absolute Gasteiger partial charge is 0.258 e. The first-order valence-electron chi connectivity index (χ1n) is 8.03. The van der Waals surface area contributed by atoms with Crippen LogP contribution in [-0.2, 0) is 13.6 Å². The van der Waals surface area contributed by atoms with E-state index in [0.29, 0.717) is 0 Å². The van der Waals surface area contributed by atoms with E-state index in [0.717, 1.165) is 48.3 Å². The average Bonchev–Trinajstić information content (AvgIpc) is 3.14. The fraction of sp³-hybridized carbons (Fsp3) is 0.438. The summed E-state index contributed by atoms with van der Waals surface area (Å²) in [6.07, 6.45) is 5.81. The molecule has 0 saturated carbocycles. The molecular weight excluding hydrogens is 324 g/mol. The van der Waals surface area contributed by atoms with Crippen LogP contribution < -0.4 is 10.5 Å². The van der Waals surface area contributed by atoms with Gasteiger partial charge in [-0.2, -0.15) is 5.10 Å². The van der Waals surface area contributed by atoms with Crippen molar-refractivity contribution in [3.8, 4) is 0 Å². The maximum absolute atomic E-state index is 12.2. The standard InChI is InChI=1S/C16H20N6OS/c1-12-9-22-15(23)7-13(18-16(22)24-12)10-20-3-5-21(6-4-20)14-8-17-19(2)11-14/h7-9,11H,3-6,10H2,1-2H3. The minimum atomic E-state index is 0.00773. The number of anilines is 1. The second-order valence-corrected chi connectivity index (χ2v) is 7.43. The first-order chi connectivity index (χ1) is 11.6. The van der Waals surface area contributed by atoms with Crippen LogP contribution in [0, 0.1) is 6.92 Å². The number of aromatic nitrogens is 4. The molecule has 0 bridgehead atoms. The number of aryl methyl sites for hydroxylation is 2. The highest BCUT2D eigenvalue weighted by molar-refractivity contribution is 7.16. The van der Waals surface area contributed by atoms with E-state index in [1.807, 2.05) is 37.2 Å². The molecule has 0 radical (unpaired) electrons. The predicted molar refractivity (Wildman–Crippen MR) is 94.8 cm³/mol. The number of fused-ring (bicyclic) bond motifs is 1. The van der Waals surface area contributed by atoms with Gasteiger partial charge in [-0.15, -0.1) is 11.3 Å². The zero-order valence-electron chi connectivity index (χ0n) is 13.8. The third-order valence-electron chi connectivity index (χ3n) is 4.35. The normalized spacial score (nSPS) is 16.2. The Morgan fingerprint density at radius 3 is 2.71 bits per heavy atom. The van der Waals surface area contributed by atoms with E-state index in [1.54, 1.807) is 21.8 Å². The zero-order valence-corrected chi connectivity index (χ0v) is 14.7. The number of rotatable bonds is 3. The number of thiazole rings is 1. The molecule has 24 heavy (non-hydrogen) atoms. The van der Waals surface area contributed by atoms with E-state index in [1.165, 1.54) is 5.69 Å². The van der Waals surface area contributed by atoms with E-state index in [2.05, 4.69) is 19.9 Å². The lowest BCUT2D eigenvalue weighted by molar-refractivity contribution is 0.247. The molecule has 0 unspecified atom stereocenters. The third kappa shape index (κ3) is 2.94. The van der Waals surface area contributed by atoms with Crippen LogP contribution in [0.15, 0.2) is 29.5 Å². The van der Waals surface area contributed by atoms with Crippen LogP contribution in [0.3, 0.4) is 0 Å². The minimum absolute atomic E-state index is 0.00773. The van der Waals surface area contributed by atoms with Crippen LogP contribution >= 0.6 is 11.3 Å². The third-order valence-corrected chi connectivity index (χ3v) is 5.25. The van der Waals surface area contributed by atoms with Crippen molar-refractivity contribution in [3.63, 3.8) is 0 Å². The van der Waals surface area contributed by atoms with Gasteiger partial charge in [0.1, 0.15) is 0 Å². The molecule has 7 nitrogen and oxygen atoms in total. The molecule has 4 rings (SSSR count). The van der Waals surface area contributed by atoms with Gasteiger partial charge in [-0.3, -0.25) is 18.8 Å². The average molecular weight is 344 g/mol. The molecule has 126 valence electrons. The van der Waals surface area contributed by atoms with Gasteiger partial charge in [0.25, 0.3) is 5.56 Å². The molecule has 3 aromatic heterocycles. The van der Waals surface area contributed by atoms with Crippen molar-refractivity contribution in [1.29, 1.82) is 0 Å². The minimum Gasteiger partial charge on any atom is -0.366 e. The molecule has 0 N–H and O–H groups in total. The summed E-state index contributed by atoms with van der Waals surface area (Å²) in [5.74, 6) is 0. The van der Waals surface area contributed by atoms with Crippen LogP contribution in [0.4, 0.5) is 5.69 Å². The number of piperazine rings is 1. The van der Waals surface area contributed by atoms with E-state index in [9.17, 15) is 4.79 Å². The molecule has 1 aliphatic heterocycles. The van der Waals surface area contributed by atoms with Gasteiger partial charge in [-0.25, -0.2) is 4.98 Å². The second kappa shape index (κ2) is 6.03. The summed E-state index contributed by atoms with van der Waals surface area (Å²) in [7, 11) is 1.94. The number of hydrogen-bond acceptors (Lipinski definition) is 6. The number of nitrogens with zero attached hydrogens (tertiary/aromatic N) is 6. The second-order valence-electron chi connectivity index (χ2n) is 6.22. The van der Waals surface area contributed by atoms with Crippen molar-refractivity contribution < 1.29 is 0 Å². The molecule has 1 saturated heterocycles. The SMILES string of the molecule is Cc1cn2c(=O)cc(CN3CCN(c4cnn(C)c4)CC3)nc2s1. The monoisotopic (exact) mass is 344 g/mol. The lowest BCUT2D eigenvalue weighted by atomic mass is 10.2. The quantitative estimate of drug-likeness (QED) is 0.713. The van der Waals surface area contributed by atoms with Crippen molar-refractivity contribution >= 4 is 22.0 Å². The number of hydrogen-bond donors (Lipinski definition) is 0. The highest BCUT2D eigenvalue weighted by Gasteiger charge is 2.19. The molecule has 0 atom stereocenters. The fourth-order valence-electron chi connectivity index (χ4n) is 3.10. The summed E-state index contributed by atoms with van der Waals surface area (Å²) in [5.41, 5.74) is 2.04. The van der Waals surface area contributed by atoms with E-state index in [-0.39, 0.29) is 5.56 Å². The summed E-state index contributed by atoms with van der Waals surface area (Å²) >= 11 is 1.56. The Labute approximate surface area is 143 Å². The van der Waals surface area contributed by atoms with Gasteiger partial charge < -0.3 is 4.90 Å². The molecule has 0 aromatic carbocycles. The van der Waals surface area contributed by atoms with Crippen LogP contribution in [0.1, 0.15) is 10.6 Å². The summed E-state index contributed by atoms with van der Waals surface area (Å²) in [4.78, 5) is 23.4. The maximum atomic E-state index is 12.2. The van der Waals surface area contributed by atoms with Crippen molar-refractivity contribution in [3.05, 3.63) is 45.6 Å². The molecule has 1 fully saturated rings. The molecule has 8 heteroatoms. The molecule has 4 heterocycles. The lowest BCUT2D eigenvalue weighted by Crippen LogP contribution is -2.46. The van der Waals surface area contributed by atoms with Crippen LogP contribution in [0.5, 0.6) is 0 Å². The van der Waals surface area contributed by atoms with Crippen molar-refractivity contribution in [2.45, 2.75) is 13.5 Å². The van der Waals surface area contributed by atoms with Gasteiger partial charge in [0.05, 0.1) is 17.6 Å². The Hall–Kier alpha value is -2.19. The Morgan fingerprint density at radius 1 is 1.21 bits per heavy atom. The van der Waals surface area contributed by atoms with Crippen LogP contribution in [0.25, 0.3) is 4.96 Å². The zero-order chi connectivity index (χ0) is 16.7. The Bertz CT molecular complexity index is 918. The highest BCUT2D eigenvalue weighted by atomic mass is 32.1. The molecule has 1 aliphatic rings. The Kier molecular flexibility index (Phi) is 3.85. The van der Waals surface area contributed by atoms with Crippen molar-refractivity contribution in [2.75, 3.05) is 31.1 Å². The van der Waals surface area contributed by atoms with Crippen molar-refractivity contribution in [1.82, 2.24) is 24.1 Å². The molecule has 0 aliphatic carbocycles. The van der Waals surface area contributed by atoms with Crippen LogP contribution in [-0.4, -0.2) is 50.2 Å². The van der Waals surface area contributed by atoms with Gasteiger partial charge in [0.15, 0.2) is 4.96 Å². The van der Waals surface area contributed by atoms with E-state index in [4.69, 9.17) is 0 Å². The predicted octanol–water partition coefficient (Wildman–Crippen LogP) is 1.12. The first kappa shape index (κ1) is 15.3. The van der Waals surface area contributed by atoms with Gasteiger partial charge in [-0.1, -0.05) is 0 Å². The maximum Gasteiger partial charge on any atom is 0.258 e. The lowest BCUT2D eigenvalue weighted by Gasteiger charge is -2.35. The first-order valence-corrected chi connectivity index (χ1v) is 8.85. The van der Waals surface area contributed by atoms with Gasteiger partial charge in [-0.05, 0) is 6.92 Å². The molecular formula is C16H20N6OS. The topological polar surface area (TPSA) is 58.7 Å². The van der Waals surface area contributed by atoms with Crippen LogP contribution in [0.2, 0.25) is 0 Å². The van der Waals surface area contributed by atoms with E-state index < -0.39 is 0 Å². The summed E-state index contributed by atoms with van der Waals surface area (Å²) in [6, 6.07) is 1.66. The van der Waals surface area contributed by atoms with Gasteiger partial charge in [0.2, 0.25) is 0 Å². The summed E-state index contributed by atoms with van der Waals surface area (Å²) in [5, 5.41) is 4.23. The van der Waals surface area contributed by atoms with Crippen molar-refractivity contribution in [2.24, 2.45) is 7.05 Å². The molecule has 0 spiro atoms. The van der Waals surface area contributed by atoms with Gasteiger partial charge >= 0.3 is 0 Å². The largest absolute Gasteiger partial charge is 0.366 e. The highest BCUT2D eigenvalue weighted by Crippen LogP contribution is 2.17. The molecule has 3 aromatic rings. The van der Waals surface area contributed by atoms with E-state index >= 15 is 0 Å². The summed E-state index contributed by atoms with van der Waals surface area (Å²) in [6.45, 7) is 6.56. The molecule has 0 amide bonds. The Balaban J connectivity index is 1.44.